The third-order valence-electron chi connectivity index (χ3n) is 5.80. The predicted molar refractivity (Wildman–Crippen MR) is 106 cm³/mol. The van der Waals surface area contributed by atoms with Crippen molar-refractivity contribution < 1.29 is 19.1 Å². The summed E-state index contributed by atoms with van der Waals surface area (Å²) in [4.78, 5) is 55.2. The van der Waals surface area contributed by atoms with Crippen LogP contribution in [0.1, 0.15) is 17.0 Å². The minimum absolute atomic E-state index is 0.0747. The summed E-state index contributed by atoms with van der Waals surface area (Å²) in [7, 11) is 7.43. The standard InChI is InChI=1S/C20H22N4O6/c1-21-10-22(2)18(27)20(17(21)26)14(11-6-8-12(29-5)9-7-11)13-15(25)23(3)19(28)24(4)16(13)30-20/h6-9,14H,10H2,1-5H3. The van der Waals surface area contributed by atoms with Gasteiger partial charge in [-0.25, -0.2) is 4.79 Å². The number of aromatic nitrogens is 2. The molecule has 0 saturated carbocycles. The fourth-order valence-corrected chi connectivity index (χ4v) is 4.27. The highest BCUT2D eigenvalue weighted by Crippen LogP contribution is 2.49. The van der Waals surface area contributed by atoms with Crippen molar-refractivity contribution in [2.75, 3.05) is 27.9 Å². The van der Waals surface area contributed by atoms with Gasteiger partial charge in [0.25, 0.3) is 23.0 Å². The van der Waals surface area contributed by atoms with E-state index in [4.69, 9.17) is 9.47 Å². The predicted octanol–water partition coefficient (Wildman–Crippen LogP) is -0.756. The lowest BCUT2D eigenvalue weighted by atomic mass is 9.77. The number of fused-ring (bicyclic) bond motifs is 1. The van der Waals surface area contributed by atoms with Crippen LogP contribution in [0, 0.1) is 0 Å². The summed E-state index contributed by atoms with van der Waals surface area (Å²) in [5.74, 6) is -1.67. The number of carbonyl (C=O) groups is 2. The van der Waals surface area contributed by atoms with E-state index in [0.29, 0.717) is 11.3 Å². The Morgan fingerprint density at radius 3 is 2.03 bits per heavy atom. The zero-order valence-electron chi connectivity index (χ0n) is 17.3. The smallest absolute Gasteiger partial charge is 0.333 e. The van der Waals surface area contributed by atoms with Gasteiger partial charge < -0.3 is 19.3 Å². The normalized spacial score (nSPS) is 19.8. The minimum Gasteiger partial charge on any atom is -0.497 e. The van der Waals surface area contributed by atoms with Crippen molar-refractivity contribution >= 4 is 11.8 Å². The first-order valence-corrected chi connectivity index (χ1v) is 9.29. The van der Waals surface area contributed by atoms with E-state index in [-0.39, 0.29) is 18.1 Å². The monoisotopic (exact) mass is 414 g/mol. The van der Waals surface area contributed by atoms with Crippen LogP contribution in [0.25, 0.3) is 0 Å². The van der Waals surface area contributed by atoms with Crippen LogP contribution in [0.15, 0.2) is 33.9 Å². The number of benzene rings is 1. The minimum atomic E-state index is -2.02. The number of hydrogen-bond donors (Lipinski definition) is 0. The van der Waals surface area contributed by atoms with E-state index in [1.807, 2.05) is 0 Å². The maximum Gasteiger partial charge on any atom is 0.333 e. The average molecular weight is 414 g/mol. The summed E-state index contributed by atoms with van der Waals surface area (Å²) in [5.41, 5.74) is -2.62. The largest absolute Gasteiger partial charge is 0.497 e. The van der Waals surface area contributed by atoms with Crippen LogP contribution in [0.5, 0.6) is 11.6 Å². The van der Waals surface area contributed by atoms with Crippen LogP contribution in [-0.2, 0) is 23.7 Å². The second-order valence-electron chi connectivity index (χ2n) is 7.62. The molecule has 1 aromatic heterocycles. The number of carbonyl (C=O) groups excluding carboxylic acids is 2. The number of rotatable bonds is 2. The fraction of sp³-hybridized carbons (Fsp3) is 0.400. The third kappa shape index (κ3) is 2.36. The molecule has 1 spiro atoms. The van der Waals surface area contributed by atoms with Crippen LogP contribution >= 0.6 is 0 Å². The molecular formula is C20H22N4O6. The highest BCUT2D eigenvalue weighted by molar-refractivity contribution is 6.12. The van der Waals surface area contributed by atoms with E-state index in [9.17, 15) is 19.2 Å². The average Bonchev–Trinajstić information content (AvgIpc) is 3.11. The molecule has 1 aromatic carbocycles. The lowest BCUT2D eigenvalue weighted by Crippen LogP contribution is -2.68. The molecule has 10 heteroatoms. The van der Waals surface area contributed by atoms with E-state index in [2.05, 4.69) is 0 Å². The second kappa shape index (κ2) is 6.48. The lowest BCUT2D eigenvalue weighted by molar-refractivity contribution is -0.172. The molecule has 2 amide bonds. The maximum absolute atomic E-state index is 13.4. The van der Waals surface area contributed by atoms with Crippen LogP contribution in [0.4, 0.5) is 0 Å². The maximum atomic E-state index is 13.4. The number of likely N-dealkylation sites (N-methyl/N-ethyl adjacent to an activating group) is 2. The van der Waals surface area contributed by atoms with Crippen molar-refractivity contribution in [2.24, 2.45) is 14.1 Å². The van der Waals surface area contributed by atoms with E-state index in [0.717, 1.165) is 9.13 Å². The van der Waals surface area contributed by atoms with E-state index in [1.165, 1.54) is 31.0 Å². The van der Waals surface area contributed by atoms with Gasteiger partial charge in [0.15, 0.2) is 0 Å². The molecule has 1 fully saturated rings. The molecule has 3 heterocycles. The van der Waals surface area contributed by atoms with Crippen molar-refractivity contribution in [1.29, 1.82) is 0 Å². The fourth-order valence-electron chi connectivity index (χ4n) is 4.27. The Hall–Kier alpha value is -3.56. The second-order valence-corrected chi connectivity index (χ2v) is 7.62. The zero-order valence-corrected chi connectivity index (χ0v) is 17.3. The number of hydrogen-bond acceptors (Lipinski definition) is 6. The molecule has 0 N–H and O–H groups in total. The quantitative estimate of drug-likeness (QED) is 0.599. The number of amides is 2. The van der Waals surface area contributed by atoms with Crippen LogP contribution in [0.2, 0.25) is 0 Å². The summed E-state index contributed by atoms with van der Waals surface area (Å²) in [5, 5.41) is 0. The Balaban J connectivity index is 2.08. The molecule has 2 aliphatic heterocycles. The summed E-state index contributed by atoms with van der Waals surface area (Å²) >= 11 is 0. The summed E-state index contributed by atoms with van der Waals surface area (Å²) < 4.78 is 13.3. The molecule has 2 aromatic rings. The van der Waals surface area contributed by atoms with Crippen molar-refractivity contribution in [3.05, 3.63) is 56.2 Å². The van der Waals surface area contributed by atoms with Crippen LogP contribution in [0.3, 0.4) is 0 Å². The summed E-state index contributed by atoms with van der Waals surface area (Å²) in [6, 6.07) is 6.73. The SMILES string of the molecule is COc1ccc(C2c3c(n(C)c(=O)n(C)c3=O)OC23C(=O)N(C)CN(C)C3=O)cc1. The van der Waals surface area contributed by atoms with Gasteiger partial charge in [0.2, 0.25) is 5.88 Å². The summed E-state index contributed by atoms with van der Waals surface area (Å²) in [6.07, 6.45) is 0. The molecule has 2 aliphatic rings. The van der Waals surface area contributed by atoms with Crippen LogP contribution < -0.4 is 20.7 Å². The molecular weight excluding hydrogens is 392 g/mol. The highest BCUT2D eigenvalue weighted by atomic mass is 16.5. The highest BCUT2D eigenvalue weighted by Gasteiger charge is 2.66. The molecule has 10 nitrogen and oxygen atoms in total. The van der Waals surface area contributed by atoms with Gasteiger partial charge in [-0.3, -0.25) is 23.5 Å². The van der Waals surface area contributed by atoms with Gasteiger partial charge in [-0.2, -0.15) is 0 Å². The third-order valence-corrected chi connectivity index (χ3v) is 5.80. The first kappa shape index (κ1) is 19.7. The molecule has 0 aliphatic carbocycles. The molecule has 30 heavy (non-hydrogen) atoms. The Morgan fingerprint density at radius 2 is 1.50 bits per heavy atom. The van der Waals surface area contributed by atoms with Gasteiger partial charge in [-0.1, -0.05) is 12.1 Å². The lowest BCUT2D eigenvalue weighted by Gasteiger charge is -2.43. The van der Waals surface area contributed by atoms with Crippen LogP contribution in [-0.4, -0.2) is 64.2 Å². The van der Waals surface area contributed by atoms with E-state index < -0.39 is 34.6 Å². The van der Waals surface area contributed by atoms with Crippen molar-refractivity contribution in [1.82, 2.24) is 18.9 Å². The Bertz CT molecular complexity index is 1160. The van der Waals surface area contributed by atoms with Crippen molar-refractivity contribution in [2.45, 2.75) is 11.5 Å². The molecule has 1 atom stereocenters. The number of ether oxygens (including phenoxy) is 2. The number of methoxy groups -OCH3 is 1. The molecule has 158 valence electrons. The zero-order chi connectivity index (χ0) is 22.0. The van der Waals surface area contributed by atoms with Gasteiger partial charge in [0, 0.05) is 28.2 Å². The molecule has 4 rings (SSSR count). The first-order valence-electron chi connectivity index (χ1n) is 9.29. The molecule has 1 unspecified atom stereocenters. The summed E-state index contributed by atoms with van der Waals surface area (Å²) in [6.45, 7) is 0.0887. The Kier molecular flexibility index (Phi) is 4.26. The number of nitrogens with zero attached hydrogens (tertiary/aromatic N) is 4. The van der Waals surface area contributed by atoms with Gasteiger partial charge in [-0.15, -0.1) is 0 Å². The van der Waals surface area contributed by atoms with E-state index >= 15 is 0 Å². The van der Waals surface area contributed by atoms with Gasteiger partial charge >= 0.3 is 5.69 Å². The van der Waals surface area contributed by atoms with Gasteiger partial charge in [0.05, 0.1) is 25.3 Å². The molecule has 0 bridgehead atoms. The van der Waals surface area contributed by atoms with Crippen molar-refractivity contribution in [3.8, 4) is 11.6 Å². The Morgan fingerprint density at radius 1 is 0.933 bits per heavy atom. The topological polar surface area (TPSA) is 103 Å². The molecule has 0 radical (unpaired) electrons. The van der Waals surface area contributed by atoms with Gasteiger partial charge in [0.1, 0.15) is 5.75 Å². The van der Waals surface area contributed by atoms with Gasteiger partial charge in [-0.05, 0) is 17.7 Å². The Labute approximate surface area is 171 Å². The van der Waals surface area contributed by atoms with Crippen molar-refractivity contribution in [3.63, 3.8) is 0 Å². The van der Waals surface area contributed by atoms with E-state index in [1.54, 1.807) is 38.4 Å². The first-order chi connectivity index (χ1) is 14.1. The molecule has 1 saturated heterocycles.